The fourth-order valence-corrected chi connectivity index (χ4v) is 1.95. The molecule has 0 bridgehead atoms. The van der Waals surface area contributed by atoms with Gasteiger partial charge in [0.15, 0.2) is 0 Å². The van der Waals surface area contributed by atoms with E-state index in [0.29, 0.717) is 0 Å². The molecule has 2 atom stereocenters. The fraction of sp³-hybridized carbons (Fsp3) is 0.429. The molecule has 0 spiro atoms. The fourth-order valence-electron chi connectivity index (χ4n) is 1.95. The summed E-state index contributed by atoms with van der Waals surface area (Å²) in [5, 5.41) is 13.6. The molecular weight excluding hydrogens is 214 g/mol. The van der Waals surface area contributed by atoms with Gasteiger partial charge in [-0.05, 0) is 25.5 Å². The van der Waals surface area contributed by atoms with E-state index in [1.165, 1.54) is 0 Å². The maximum atomic E-state index is 9.17. The van der Waals surface area contributed by atoms with Crippen molar-refractivity contribution in [3.8, 4) is 0 Å². The first-order chi connectivity index (χ1) is 8.24. The Morgan fingerprint density at radius 1 is 1.35 bits per heavy atom. The first-order valence-electron chi connectivity index (χ1n) is 6.10. The lowest BCUT2D eigenvalue weighted by Gasteiger charge is -2.18. The molecule has 17 heavy (non-hydrogen) atoms. The van der Waals surface area contributed by atoms with Crippen molar-refractivity contribution in [2.24, 2.45) is 0 Å². The Hall–Kier alpha value is -1.32. The molecule has 3 heteroatoms. The maximum absolute atomic E-state index is 9.17. The van der Waals surface area contributed by atoms with Crippen molar-refractivity contribution >= 4 is 11.0 Å². The molecule has 1 aromatic carbocycles. The van der Waals surface area contributed by atoms with Gasteiger partial charge in [-0.15, -0.1) is 0 Å². The average Bonchev–Trinajstić information content (AvgIpc) is 2.79. The minimum Gasteiger partial charge on any atom is -0.459 e. The van der Waals surface area contributed by atoms with Gasteiger partial charge in [0, 0.05) is 11.4 Å². The van der Waals surface area contributed by atoms with Crippen LogP contribution in [0.5, 0.6) is 0 Å². The van der Waals surface area contributed by atoms with E-state index in [1.807, 2.05) is 24.3 Å². The van der Waals surface area contributed by atoms with Gasteiger partial charge in [0.1, 0.15) is 11.3 Å². The second-order valence-electron chi connectivity index (χ2n) is 4.36. The zero-order chi connectivity index (χ0) is 12.3. The number of para-hydroxylation sites is 1. The maximum Gasteiger partial charge on any atom is 0.134 e. The predicted molar refractivity (Wildman–Crippen MR) is 68.9 cm³/mol. The molecule has 1 heterocycles. The molecule has 2 N–H and O–H groups in total. The van der Waals surface area contributed by atoms with Crippen LogP contribution in [0.15, 0.2) is 34.7 Å². The van der Waals surface area contributed by atoms with E-state index in [0.717, 1.165) is 23.2 Å². The summed E-state index contributed by atoms with van der Waals surface area (Å²) in [4.78, 5) is 0. The zero-order valence-electron chi connectivity index (χ0n) is 10.3. The Morgan fingerprint density at radius 2 is 2.12 bits per heavy atom. The van der Waals surface area contributed by atoms with E-state index in [2.05, 4.69) is 25.2 Å². The van der Waals surface area contributed by atoms with Crippen molar-refractivity contribution < 1.29 is 9.52 Å². The summed E-state index contributed by atoms with van der Waals surface area (Å²) in [6.07, 6.45) is 0.904. The second-order valence-corrected chi connectivity index (χ2v) is 4.36. The Morgan fingerprint density at radius 3 is 2.76 bits per heavy atom. The van der Waals surface area contributed by atoms with Crippen LogP contribution in [-0.2, 0) is 0 Å². The smallest absolute Gasteiger partial charge is 0.134 e. The Balaban J connectivity index is 2.15. The van der Waals surface area contributed by atoms with Crippen molar-refractivity contribution in [2.75, 3.05) is 6.61 Å². The third-order valence-corrected chi connectivity index (χ3v) is 3.07. The topological polar surface area (TPSA) is 45.4 Å². The molecular formula is C14H19NO2. The van der Waals surface area contributed by atoms with Gasteiger partial charge in [0.25, 0.3) is 0 Å². The molecule has 0 aliphatic carbocycles. The van der Waals surface area contributed by atoms with E-state index in [-0.39, 0.29) is 18.7 Å². The monoisotopic (exact) mass is 233 g/mol. The van der Waals surface area contributed by atoms with Gasteiger partial charge in [-0.3, -0.25) is 0 Å². The molecule has 0 aliphatic rings. The number of benzene rings is 1. The minimum atomic E-state index is 0.111. The van der Waals surface area contributed by atoms with Gasteiger partial charge in [0.2, 0.25) is 0 Å². The summed E-state index contributed by atoms with van der Waals surface area (Å²) < 4.78 is 5.78. The highest BCUT2D eigenvalue weighted by Crippen LogP contribution is 2.23. The molecule has 0 fully saturated rings. The molecule has 0 radical (unpaired) electrons. The highest BCUT2D eigenvalue weighted by molar-refractivity contribution is 5.77. The largest absolute Gasteiger partial charge is 0.459 e. The molecule has 0 amide bonds. The first kappa shape index (κ1) is 12.1. The Kier molecular flexibility index (Phi) is 3.82. The van der Waals surface area contributed by atoms with Crippen molar-refractivity contribution in [3.05, 3.63) is 36.1 Å². The summed E-state index contributed by atoms with van der Waals surface area (Å²) in [7, 11) is 0. The summed E-state index contributed by atoms with van der Waals surface area (Å²) in [5.74, 6) is 0.915. The van der Waals surface area contributed by atoms with E-state index >= 15 is 0 Å². The number of hydrogen-bond donors (Lipinski definition) is 2. The quantitative estimate of drug-likeness (QED) is 0.834. The van der Waals surface area contributed by atoms with Crippen LogP contribution < -0.4 is 5.32 Å². The Labute approximate surface area is 101 Å². The lowest BCUT2D eigenvalue weighted by molar-refractivity contribution is 0.226. The van der Waals surface area contributed by atoms with Crippen molar-refractivity contribution in [1.82, 2.24) is 5.32 Å². The average molecular weight is 233 g/mol. The van der Waals surface area contributed by atoms with Gasteiger partial charge >= 0.3 is 0 Å². The highest BCUT2D eigenvalue weighted by Gasteiger charge is 2.14. The van der Waals surface area contributed by atoms with Gasteiger partial charge < -0.3 is 14.8 Å². The number of furan rings is 1. The number of aliphatic hydroxyl groups excluding tert-OH is 1. The molecule has 92 valence electrons. The van der Waals surface area contributed by atoms with Gasteiger partial charge in [-0.2, -0.15) is 0 Å². The van der Waals surface area contributed by atoms with E-state index in [1.54, 1.807) is 0 Å². The number of aliphatic hydroxyl groups is 1. The number of rotatable bonds is 5. The van der Waals surface area contributed by atoms with Crippen LogP contribution in [0.4, 0.5) is 0 Å². The van der Waals surface area contributed by atoms with Crippen LogP contribution in [0, 0.1) is 0 Å². The van der Waals surface area contributed by atoms with Crippen LogP contribution in [0.2, 0.25) is 0 Å². The normalized spacial score (nSPS) is 15.0. The summed E-state index contributed by atoms with van der Waals surface area (Å²) in [6.45, 7) is 4.26. The molecule has 0 aliphatic heterocycles. The zero-order valence-corrected chi connectivity index (χ0v) is 10.3. The standard InChI is InChI=1S/C14H19NO2/c1-3-12(9-16)15-10(2)14-8-11-6-4-5-7-13(11)17-14/h4-8,10,12,15-16H,3,9H2,1-2H3/t10?,12-/m0/s1. The van der Waals surface area contributed by atoms with Crippen LogP contribution in [0.1, 0.15) is 32.1 Å². The lowest BCUT2D eigenvalue weighted by Crippen LogP contribution is -2.33. The summed E-state index contributed by atoms with van der Waals surface area (Å²) in [6, 6.07) is 10.3. The molecule has 1 unspecified atom stereocenters. The van der Waals surface area contributed by atoms with Crippen molar-refractivity contribution in [1.29, 1.82) is 0 Å². The van der Waals surface area contributed by atoms with E-state index < -0.39 is 0 Å². The Bertz CT molecular complexity index is 441. The van der Waals surface area contributed by atoms with Gasteiger partial charge in [-0.1, -0.05) is 25.1 Å². The lowest BCUT2D eigenvalue weighted by atomic mass is 10.1. The molecule has 3 nitrogen and oxygen atoms in total. The minimum absolute atomic E-state index is 0.111. The molecule has 0 saturated carbocycles. The number of nitrogens with one attached hydrogen (secondary N) is 1. The SMILES string of the molecule is CC[C@@H](CO)NC(C)c1cc2ccccc2o1. The van der Waals surface area contributed by atoms with Gasteiger partial charge in [-0.25, -0.2) is 0 Å². The first-order valence-corrected chi connectivity index (χ1v) is 6.10. The van der Waals surface area contributed by atoms with Crippen LogP contribution in [-0.4, -0.2) is 17.8 Å². The summed E-state index contributed by atoms with van der Waals surface area (Å²) >= 11 is 0. The van der Waals surface area contributed by atoms with Crippen LogP contribution in [0.25, 0.3) is 11.0 Å². The van der Waals surface area contributed by atoms with Crippen molar-refractivity contribution in [3.63, 3.8) is 0 Å². The highest BCUT2D eigenvalue weighted by atomic mass is 16.3. The summed E-state index contributed by atoms with van der Waals surface area (Å²) in [5.41, 5.74) is 0.910. The predicted octanol–water partition coefficient (Wildman–Crippen LogP) is 2.85. The second kappa shape index (κ2) is 5.34. The number of hydrogen-bond acceptors (Lipinski definition) is 3. The molecule has 2 rings (SSSR count). The third kappa shape index (κ3) is 2.68. The number of fused-ring (bicyclic) bond motifs is 1. The molecule has 2 aromatic rings. The molecule has 1 aromatic heterocycles. The third-order valence-electron chi connectivity index (χ3n) is 3.07. The van der Waals surface area contributed by atoms with E-state index in [9.17, 15) is 0 Å². The van der Waals surface area contributed by atoms with Crippen LogP contribution in [0.3, 0.4) is 0 Å². The van der Waals surface area contributed by atoms with Gasteiger partial charge in [0.05, 0.1) is 12.6 Å². The van der Waals surface area contributed by atoms with E-state index in [4.69, 9.17) is 9.52 Å². The van der Waals surface area contributed by atoms with Crippen LogP contribution >= 0.6 is 0 Å². The molecule has 0 saturated heterocycles. The van der Waals surface area contributed by atoms with Crippen molar-refractivity contribution in [2.45, 2.75) is 32.4 Å².